The SMILES string of the molecule is N[C@@H](CC(=O)N1CCn2c(nnc2C(F)(F)F)C1)CN1CC(C(F)(F)F)CC1=O. The van der Waals surface area contributed by atoms with E-state index in [4.69, 9.17) is 5.73 Å². The molecule has 14 heteroatoms. The van der Waals surface area contributed by atoms with Crippen LogP contribution in [0.4, 0.5) is 26.3 Å². The van der Waals surface area contributed by atoms with E-state index in [0.717, 1.165) is 9.47 Å². The van der Waals surface area contributed by atoms with Crippen molar-refractivity contribution in [3.05, 3.63) is 11.6 Å². The standard InChI is InChI=1S/C15H18F6N6O2/c16-14(17,18)8-3-11(28)26(5-8)6-9(22)4-12(29)25-1-2-27-10(7-25)23-24-13(27)15(19,20)21/h8-9H,1-7,22H2/t8?,9-/m0/s1. The smallest absolute Gasteiger partial charge is 0.340 e. The van der Waals surface area contributed by atoms with Gasteiger partial charge in [-0.2, -0.15) is 26.3 Å². The zero-order chi connectivity index (χ0) is 21.6. The number of hydrogen-bond donors (Lipinski definition) is 1. The number of alkyl halides is 6. The molecule has 2 atom stereocenters. The molecule has 1 saturated heterocycles. The maximum atomic E-state index is 12.8. The van der Waals surface area contributed by atoms with E-state index in [2.05, 4.69) is 10.2 Å². The lowest BCUT2D eigenvalue weighted by Crippen LogP contribution is -2.45. The molecule has 162 valence electrons. The molecule has 2 aliphatic rings. The first-order valence-electron chi connectivity index (χ1n) is 8.73. The summed E-state index contributed by atoms with van der Waals surface area (Å²) in [5.41, 5.74) is 5.83. The molecule has 0 aromatic carbocycles. The molecular formula is C15H18F6N6O2. The number of fused-ring (bicyclic) bond motifs is 1. The van der Waals surface area contributed by atoms with E-state index in [1.165, 1.54) is 4.90 Å². The van der Waals surface area contributed by atoms with Gasteiger partial charge in [0.05, 0.1) is 12.5 Å². The molecule has 0 spiro atoms. The fourth-order valence-electron chi connectivity index (χ4n) is 3.45. The van der Waals surface area contributed by atoms with Gasteiger partial charge in [-0.05, 0) is 0 Å². The second-order valence-electron chi connectivity index (χ2n) is 7.11. The van der Waals surface area contributed by atoms with E-state index < -0.39 is 54.9 Å². The number of nitrogens with zero attached hydrogens (tertiary/aromatic N) is 5. The van der Waals surface area contributed by atoms with Gasteiger partial charge in [0.25, 0.3) is 0 Å². The minimum absolute atomic E-state index is 0.0154. The van der Waals surface area contributed by atoms with Crippen LogP contribution in [0.3, 0.4) is 0 Å². The van der Waals surface area contributed by atoms with Crippen molar-refractivity contribution in [2.24, 2.45) is 11.7 Å². The molecule has 0 saturated carbocycles. The Bertz CT molecular complexity index is 791. The van der Waals surface area contributed by atoms with Crippen LogP contribution in [-0.2, 0) is 28.9 Å². The lowest BCUT2D eigenvalue weighted by molar-refractivity contribution is -0.171. The number of nitrogens with two attached hydrogens (primary N) is 1. The number of aromatic nitrogens is 3. The zero-order valence-corrected chi connectivity index (χ0v) is 15.0. The van der Waals surface area contributed by atoms with Gasteiger partial charge >= 0.3 is 12.4 Å². The number of hydrogen-bond acceptors (Lipinski definition) is 5. The summed E-state index contributed by atoms with van der Waals surface area (Å²) in [4.78, 5) is 26.4. The molecule has 3 rings (SSSR count). The Morgan fingerprint density at radius 1 is 1.17 bits per heavy atom. The minimum atomic E-state index is -4.66. The van der Waals surface area contributed by atoms with Gasteiger partial charge in [0, 0.05) is 45.1 Å². The Morgan fingerprint density at radius 2 is 1.86 bits per heavy atom. The highest BCUT2D eigenvalue weighted by molar-refractivity contribution is 5.79. The first kappa shape index (κ1) is 21.3. The average molecular weight is 428 g/mol. The fraction of sp³-hybridized carbons (Fsp3) is 0.733. The molecule has 1 aromatic heterocycles. The molecule has 2 aliphatic heterocycles. The number of likely N-dealkylation sites (tertiary alicyclic amines) is 1. The van der Waals surface area contributed by atoms with Crippen LogP contribution in [-0.4, -0.2) is 68.2 Å². The fourth-order valence-corrected chi connectivity index (χ4v) is 3.45. The van der Waals surface area contributed by atoms with Gasteiger partial charge < -0.3 is 20.1 Å². The van der Waals surface area contributed by atoms with E-state index in [1.807, 2.05) is 0 Å². The average Bonchev–Trinajstić information content (AvgIpc) is 3.17. The third kappa shape index (κ3) is 4.62. The van der Waals surface area contributed by atoms with Crippen molar-refractivity contribution in [3.63, 3.8) is 0 Å². The molecule has 1 fully saturated rings. The number of rotatable bonds is 4. The van der Waals surface area contributed by atoms with Gasteiger partial charge in [0.1, 0.15) is 0 Å². The molecule has 1 unspecified atom stereocenters. The van der Waals surface area contributed by atoms with Crippen molar-refractivity contribution in [3.8, 4) is 0 Å². The summed E-state index contributed by atoms with van der Waals surface area (Å²) < 4.78 is 77.6. The van der Waals surface area contributed by atoms with Gasteiger partial charge in [-0.15, -0.1) is 10.2 Å². The van der Waals surface area contributed by atoms with Crippen LogP contribution in [0.25, 0.3) is 0 Å². The second-order valence-corrected chi connectivity index (χ2v) is 7.11. The van der Waals surface area contributed by atoms with Crippen LogP contribution < -0.4 is 5.73 Å². The van der Waals surface area contributed by atoms with Crippen LogP contribution in [0.15, 0.2) is 0 Å². The number of amides is 2. The van der Waals surface area contributed by atoms with Crippen molar-refractivity contribution in [1.29, 1.82) is 0 Å². The highest BCUT2D eigenvalue weighted by atomic mass is 19.4. The Morgan fingerprint density at radius 3 is 2.45 bits per heavy atom. The van der Waals surface area contributed by atoms with Gasteiger partial charge in [-0.1, -0.05) is 0 Å². The van der Waals surface area contributed by atoms with E-state index in [0.29, 0.717) is 0 Å². The van der Waals surface area contributed by atoms with Crippen LogP contribution in [0.1, 0.15) is 24.5 Å². The first-order chi connectivity index (χ1) is 13.4. The third-order valence-electron chi connectivity index (χ3n) is 4.93. The Labute approximate surface area is 160 Å². The maximum Gasteiger partial charge on any atom is 0.451 e. The predicted molar refractivity (Wildman–Crippen MR) is 83.8 cm³/mol. The van der Waals surface area contributed by atoms with Gasteiger partial charge in [-0.3, -0.25) is 9.59 Å². The molecule has 2 N–H and O–H groups in total. The quantitative estimate of drug-likeness (QED) is 0.715. The third-order valence-corrected chi connectivity index (χ3v) is 4.93. The van der Waals surface area contributed by atoms with Crippen molar-refractivity contribution in [2.45, 2.75) is 44.3 Å². The summed E-state index contributed by atoms with van der Waals surface area (Å²) >= 11 is 0. The molecular weight excluding hydrogens is 410 g/mol. The van der Waals surface area contributed by atoms with E-state index in [9.17, 15) is 35.9 Å². The highest BCUT2D eigenvalue weighted by Gasteiger charge is 2.47. The normalized spacial score (nSPS) is 21.5. The van der Waals surface area contributed by atoms with E-state index >= 15 is 0 Å². The number of carbonyl (C=O) groups is 2. The first-order valence-corrected chi connectivity index (χ1v) is 8.73. The van der Waals surface area contributed by atoms with E-state index in [1.54, 1.807) is 0 Å². The predicted octanol–water partition coefficient (Wildman–Crippen LogP) is 0.767. The number of carbonyl (C=O) groups excluding carboxylic acids is 2. The summed E-state index contributed by atoms with van der Waals surface area (Å²) in [7, 11) is 0. The molecule has 8 nitrogen and oxygen atoms in total. The maximum absolute atomic E-state index is 12.8. The highest BCUT2D eigenvalue weighted by Crippen LogP contribution is 2.34. The summed E-state index contributed by atoms with van der Waals surface area (Å²) in [6.07, 6.45) is -10.0. The summed E-state index contributed by atoms with van der Waals surface area (Å²) in [6, 6.07) is -0.899. The van der Waals surface area contributed by atoms with Crippen LogP contribution >= 0.6 is 0 Å². The molecule has 3 heterocycles. The minimum Gasteiger partial charge on any atom is -0.340 e. The molecule has 0 bridgehead atoms. The van der Waals surface area contributed by atoms with Gasteiger partial charge in [0.2, 0.25) is 17.6 Å². The van der Waals surface area contributed by atoms with E-state index in [-0.39, 0.29) is 38.4 Å². The summed E-state index contributed by atoms with van der Waals surface area (Å²) in [6.45, 7) is -1.06. The Kier molecular flexibility index (Phi) is 5.49. The van der Waals surface area contributed by atoms with Crippen molar-refractivity contribution in [2.75, 3.05) is 19.6 Å². The van der Waals surface area contributed by atoms with Crippen LogP contribution in [0, 0.1) is 5.92 Å². The molecule has 0 radical (unpaired) electrons. The Hall–Kier alpha value is -2.38. The van der Waals surface area contributed by atoms with Crippen LogP contribution in [0.2, 0.25) is 0 Å². The van der Waals surface area contributed by atoms with Crippen molar-refractivity contribution in [1.82, 2.24) is 24.6 Å². The zero-order valence-electron chi connectivity index (χ0n) is 15.0. The van der Waals surface area contributed by atoms with Crippen LogP contribution in [0.5, 0.6) is 0 Å². The molecule has 0 aliphatic carbocycles. The topological polar surface area (TPSA) is 97.3 Å². The monoisotopic (exact) mass is 428 g/mol. The Balaban J connectivity index is 1.55. The molecule has 1 aromatic rings. The molecule has 29 heavy (non-hydrogen) atoms. The lowest BCUT2D eigenvalue weighted by atomic mass is 10.1. The van der Waals surface area contributed by atoms with Crippen molar-refractivity contribution >= 4 is 11.8 Å². The largest absolute Gasteiger partial charge is 0.451 e. The lowest BCUT2D eigenvalue weighted by Gasteiger charge is -2.29. The van der Waals surface area contributed by atoms with Gasteiger partial charge in [0.15, 0.2) is 5.82 Å². The summed E-state index contributed by atoms with van der Waals surface area (Å²) in [5.74, 6) is -4.08. The van der Waals surface area contributed by atoms with Crippen molar-refractivity contribution < 1.29 is 35.9 Å². The molecule has 2 amide bonds. The second kappa shape index (κ2) is 7.46. The number of halogens is 6. The summed E-state index contributed by atoms with van der Waals surface area (Å²) in [5, 5.41) is 6.58. The van der Waals surface area contributed by atoms with Gasteiger partial charge in [-0.25, -0.2) is 0 Å².